The van der Waals surface area contributed by atoms with Crippen LogP contribution >= 0.6 is 22.7 Å². The highest BCUT2D eigenvalue weighted by molar-refractivity contribution is 7.90. The summed E-state index contributed by atoms with van der Waals surface area (Å²) in [7, 11) is -11.1. The summed E-state index contributed by atoms with van der Waals surface area (Å²) in [6.45, 7) is 4.12. The molecule has 3 aromatic carbocycles. The van der Waals surface area contributed by atoms with E-state index in [-0.39, 0.29) is 15.4 Å². The Hall–Kier alpha value is -5.79. The number of sulfonamides is 2. The zero-order valence-corrected chi connectivity index (χ0v) is 39.8. The molecule has 0 aliphatic carbocycles. The number of aromatic nitrogens is 4. The lowest BCUT2D eigenvalue weighted by Gasteiger charge is -2.16. The van der Waals surface area contributed by atoms with Gasteiger partial charge in [0.2, 0.25) is 20.0 Å². The van der Waals surface area contributed by atoms with Crippen molar-refractivity contribution < 1.29 is 25.3 Å². The smallest absolute Gasteiger partial charge is 0.269 e. The van der Waals surface area contributed by atoms with Crippen LogP contribution in [-0.4, -0.2) is 79.0 Å². The summed E-state index contributed by atoms with van der Waals surface area (Å²) >= 11 is 3.20. The Morgan fingerprint density at radius 3 is 1.61 bits per heavy atom. The molecule has 0 saturated carbocycles. The number of H-pyrrole nitrogens is 1. The maximum Gasteiger partial charge on any atom is 0.269 e. The van der Waals surface area contributed by atoms with Crippen molar-refractivity contribution in [2.45, 2.75) is 47.3 Å². The van der Waals surface area contributed by atoms with Crippen LogP contribution in [0.4, 0.5) is 0 Å². The molecule has 0 amide bonds. The van der Waals surface area contributed by atoms with E-state index in [9.17, 15) is 25.3 Å². The Morgan fingerprint density at radius 1 is 0.530 bits per heavy atom. The number of pyridine rings is 2. The Morgan fingerprint density at radius 2 is 1.06 bits per heavy atom. The van der Waals surface area contributed by atoms with Gasteiger partial charge in [0.25, 0.3) is 10.0 Å². The predicted octanol–water partition coefficient (Wildman–Crippen LogP) is 10.5. The molecule has 0 unspecified atom stereocenters. The topological polar surface area (TPSA) is 155 Å². The highest BCUT2D eigenvalue weighted by atomic mass is 32.2. The van der Waals surface area contributed by atoms with Gasteiger partial charge in [-0.3, -0.25) is 0 Å². The Bertz CT molecular complexity index is 3560. The van der Waals surface area contributed by atoms with Crippen molar-refractivity contribution >= 4 is 74.8 Å². The van der Waals surface area contributed by atoms with Gasteiger partial charge in [-0.15, -0.1) is 0 Å². The highest BCUT2D eigenvalue weighted by Crippen LogP contribution is 2.41. The Kier molecular flexibility index (Phi) is 11.9. The van der Waals surface area contributed by atoms with Gasteiger partial charge in [0.05, 0.1) is 14.7 Å². The van der Waals surface area contributed by atoms with E-state index in [0.717, 1.165) is 75.7 Å². The minimum atomic E-state index is -3.98. The third-order valence-corrected chi connectivity index (χ3v) is 19.0. The van der Waals surface area contributed by atoms with Gasteiger partial charge in [0.15, 0.2) is 5.65 Å². The van der Waals surface area contributed by atoms with Crippen LogP contribution in [0.2, 0.25) is 0 Å². The summed E-state index contributed by atoms with van der Waals surface area (Å²) in [6.07, 6.45) is 10.4. The molecule has 1 N–H and O–H groups in total. The van der Waals surface area contributed by atoms with E-state index >= 15 is 0 Å². The first-order chi connectivity index (χ1) is 31.9. The van der Waals surface area contributed by atoms with Crippen LogP contribution in [-0.2, 0) is 30.1 Å². The van der Waals surface area contributed by atoms with E-state index < -0.39 is 30.1 Å². The second-order valence-corrected chi connectivity index (χ2v) is 23.6. The van der Waals surface area contributed by atoms with Crippen molar-refractivity contribution in [1.29, 1.82) is 0 Å². The van der Waals surface area contributed by atoms with Crippen molar-refractivity contribution in [2.75, 3.05) is 26.2 Å². The standard InChI is InChI=1S/C28H25N3O4S3.C21H19N3O2S2/c1-20-7-9-23(10-8-20)38(34,35)31-18-26(27-25(11-13-29-28(27)31)22-12-16-36-19-22)21-5-4-6-24(17-21)37(32,33)30-14-2-3-15-30;25-28(26,24-9-1-2-10-24)17-5-3-4-15(12-17)19-13-23-21-20(19)18(6-8-22-21)16-7-11-27-14-16/h4-13,16-19H,2-3,14-15H2,1H3;3-8,11-14H,1-2,9-10H2,(H,22,23). The molecule has 0 atom stereocenters. The fraction of sp³-hybridized carbons (Fsp3) is 0.184. The average Bonchev–Trinajstić information content (AvgIpc) is 4.20. The summed E-state index contributed by atoms with van der Waals surface area (Å²) < 4.78 is 84.6. The van der Waals surface area contributed by atoms with Gasteiger partial charge >= 0.3 is 0 Å². The maximum atomic E-state index is 13.8. The number of aromatic amines is 1. The first-order valence-electron chi connectivity index (χ1n) is 21.5. The van der Waals surface area contributed by atoms with Crippen molar-refractivity contribution in [3.8, 4) is 44.5 Å². The summed E-state index contributed by atoms with van der Waals surface area (Å²) in [5.41, 5.74) is 9.08. The maximum absolute atomic E-state index is 13.8. The van der Waals surface area contributed by atoms with Gasteiger partial charge in [-0.25, -0.2) is 39.2 Å². The lowest BCUT2D eigenvalue weighted by Crippen LogP contribution is -2.27. The van der Waals surface area contributed by atoms with Crippen molar-refractivity contribution in [3.63, 3.8) is 0 Å². The predicted molar refractivity (Wildman–Crippen MR) is 263 cm³/mol. The molecule has 2 fully saturated rings. The SMILES string of the molecule is Cc1ccc(S(=O)(=O)n2cc(-c3cccc(S(=O)(=O)N4CCCC4)c3)c3c(-c4ccsc4)ccnc32)cc1.O=S(=O)(c1cccc(-c2c[nH]c3nccc(-c4ccsc4)c23)c1)N1CCCC1. The lowest BCUT2D eigenvalue weighted by atomic mass is 10.00. The summed E-state index contributed by atoms with van der Waals surface area (Å²) in [5, 5.41) is 9.79. The van der Waals surface area contributed by atoms with Crippen LogP contribution in [0.15, 0.2) is 158 Å². The van der Waals surface area contributed by atoms with E-state index in [1.165, 1.54) is 8.28 Å². The van der Waals surface area contributed by atoms with E-state index in [2.05, 4.69) is 31.8 Å². The van der Waals surface area contributed by atoms with Gasteiger partial charge in [-0.2, -0.15) is 31.3 Å². The molecule has 0 bridgehead atoms. The molecule has 8 heterocycles. The van der Waals surface area contributed by atoms with E-state index in [0.29, 0.717) is 47.6 Å². The van der Waals surface area contributed by atoms with Gasteiger partial charge in [-0.1, -0.05) is 42.0 Å². The number of rotatable bonds is 10. The van der Waals surface area contributed by atoms with Crippen LogP contribution < -0.4 is 0 Å². The molecule has 2 saturated heterocycles. The fourth-order valence-corrected chi connectivity index (χ4v) is 14.5. The van der Waals surface area contributed by atoms with Gasteiger partial charge < -0.3 is 4.98 Å². The second-order valence-electron chi connectivity index (χ2n) is 16.3. The third kappa shape index (κ3) is 8.12. The number of nitrogens with one attached hydrogen (secondary N) is 1. The molecule has 0 spiro atoms. The molecule has 9 aromatic rings. The molecule has 2 aliphatic rings. The van der Waals surface area contributed by atoms with Crippen LogP contribution in [0.3, 0.4) is 0 Å². The summed E-state index contributed by atoms with van der Waals surface area (Å²) in [6, 6.07) is 28.6. The van der Waals surface area contributed by atoms with Crippen molar-refractivity contribution in [1.82, 2.24) is 27.5 Å². The fourth-order valence-electron chi connectivity index (χ4n) is 8.76. The number of benzene rings is 3. The van der Waals surface area contributed by atoms with Crippen molar-refractivity contribution in [3.05, 3.63) is 149 Å². The average molecular weight is 973 g/mol. The molecular formula is C49H44N6O6S5. The molecule has 11 rings (SSSR count). The van der Waals surface area contributed by atoms with E-state index in [1.54, 1.807) is 100 Å². The molecule has 2 aliphatic heterocycles. The quantitative estimate of drug-likeness (QED) is 0.142. The number of hydrogen-bond donors (Lipinski definition) is 1. The number of fused-ring (bicyclic) bond motifs is 2. The Labute approximate surface area is 392 Å². The number of hydrogen-bond acceptors (Lipinski definition) is 10. The number of nitrogens with zero attached hydrogens (tertiary/aromatic N) is 5. The summed E-state index contributed by atoms with van der Waals surface area (Å²) in [5.74, 6) is 0. The minimum absolute atomic E-state index is 0.152. The number of aryl methyl sites for hydroxylation is 1. The summed E-state index contributed by atoms with van der Waals surface area (Å²) in [4.78, 5) is 12.9. The van der Waals surface area contributed by atoms with Crippen LogP contribution in [0, 0.1) is 6.92 Å². The molecule has 17 heteroatoms. The molecule has 12 nitrogen and oxygen atoms in total. The molecule has 66 heavy (non-hydrogen) atoms. The molecule has 336 valence electrons. The zero-order chi connectivity index (χ0) is 45.6. The third-order valence-electron chi connectivity index (χ3n) is 12.2. The zero-order valence-electron chi connectivity index (χ0n) is 35.7. The second kappa shape index (κ2) is 17.8. The normalized spacial score (nSPS) is 15.1. The molecule has 6 aromatic heterocycles. The van der Waals surface area contributed by atoms with Crippen LogP contribution in [0.5, 0.6) is 0 Å². The van der Waals surface area contributed by atoms with E-state index in [1.807, 2.05) is 60.3 Å². The van der Waals surface area contributed by atoms with Crippen LogP contribution in [0.1, 0.15) is 31.2 Å². The highest BCUT2D eigenvalue weighted by Gasteiger charge is 2.30. The van der Waals surface area contributed by atoms with Gasteiger partial charge in [0.1, 0.15) is 5.65 Å². The monoisotopic (exact) mass is 972 g/mol. The van der Waals surface area contributed by atoms with Crippen LogP contribution in [0.25, 0.3) is 66.6 Å². The van der Waals surface area contributed by atoms with Gasteiger partial charge in [0, 0.05) is 72.9 Å². The molecule has 0 radical (unpaired) electrons. The lowest BCUT2D eigenvalue weighted by molar-refractivity contribution is 0.476. The number of thiophene rings is 2. The van der Waals surface area contributed by atoms with Crippen molar-refractivity contribution in [2.24, 2.45) is 0 Å². The molecular weight excluding hydrogens is 929 g/mol. The van der Waals surface area contributed by atoms with E-state index in [4.69, 9.17) is 0 Å². The first kappa shape index (κ1) is 44.1. The largest absolute Gasteiger partial charge is 0.345 e. The van der Waals surface area contributed by atoms with Gasteiger partial charge in [-0.05, 0) is 148 Å². The first-order valence-corrected chi connectivity index (χ1v) is 27.7. The minimum Gasteiger partial charge on any atom is -0.345 e. The Balaban J connectivity index is 0.000000162.